The molecule has 0 heterocycles. The van der Waals surface area contributed by atoms with E-state index in [2.05, 4.69) is 109 Å². The Morgan fingerprint density at radius 3 is 1.10 bits per heavy atom. The van der Waals surface area contributed by atoms with Gasteiger partial charge in [-0.05, 0) is 86.0 Å². The highest BCUT2D eigenvalue weighted by Gasteiger charge is 2.24. The van der Waals surface area contributed by atoms with Gasteiger partial charge in [0.25, 0.3) is 0 Å². The van der Waals surface area contributed by atoms with Gasteiger partial charge in [0.2, 0.25) is 11.6 Å². The summed E-state index contributed by atoms with van der Waals surface area (Å²) in [5.41, 5.74) is 12.1. The summed E-state index contributed by atoms with van der Waals surface area (Å²) >= 11 is 0. The van der Waals surface area contributed by atoms with E-state index in [-0.39, 0.29) is 0 Å². The summed E-state index contributed by atoms with van der Waals surface area (Å²) in [6, 6.07) is 58.1. The van der Waals surface area contributed by atoms with Gasteiger partial charge in [0.1, 0.15) is 0 Å². The Bertz CT molecular complexity index is 2260. The molecular weight excluding hydrogens is 585 g/mol. The number of Topliss-reactive ketones (excluding diaryl/α,β-unsaturated/α-hetero) is 2. The largest absolute Gasteiger partial charge is 0.285 e. The van der Waals surface area contributed by atoms with Crippen LogP contribution in [-0.4, -0.2) is 11.6 Å². The molecule has 48 heavy (non-hydrogen) atoms. The number of terminal acetylenes is 1. The average molecular weight is 615 g/mol. The maximum atomic E-state index is 13.3. The van der Waals surface area contributed by atoms with Crippen molar-refractivity contribution in [1.82, 2.24) is 0 Å². The molecule has 0 aliphatic heterocycles. The maximum Gasteiger partial charge on any atom is 0.233 e. The van der Waals surface area contributed by atoms with Crippen molar-refractivity contribution in [2.24, 2.45) is 0 Å². The number of hydrogen-bond acceptors (Lipinski definition) is 2. The third-order valence-electron chi connectivity index (χ3n) is 8.58. The summed E-state index contributed by atoms with van der Waals surface area (Å²) in [6.07, 6.45) is 5.46. The molecular formula is C46H30O2. The van der Waals surface area contributed by atoms with E-state index in [1.54, 1.807) is 36.4 Å². The Morgan fingerprint density at radius 2 is 0.708 bits per heavy atom. The van der Waals surface area contributed by atoms with E-state index in [0.29, 0.717) is 16.7 Å². The van der Waals surface area contributed by atoms with E-state index < -0.39 is 11.6 Å². The molecule has 7 aromatic rings. The van der Waals surface area contributed by atoms with Crippen LogP contribution in [0.2, 0.25) is 0 Å². The zero-order valence-electron chi connectivity index (χ0n) is 26.1. The molecule has 0 amide bonds. The van der Waals surface area contributed by atoms with E-state index in [4.69, 9.17) is 6.42 Å². The van der Waals surface area contributed by atoms with Crippen molar-refractivity contribution >= 4 is 11.6 Å². The summed E-state index contributed by atoms with van der Waals surface area (Å²) in [6.45, 7) is 0. The van der Waals surface area contributed by atoms with Gasteiger partial charge >= 0.3 is 0 Å². The SMILES string of the molecule is C#Cc1ccc(C(=O)C(=O)c2ccc(-c3cc(-c4ccccc4)c(-c4ccccc4)c(-c4ccccc4)c3-c3ccccc3)cc2)cc1. The zero-order chi connectivity index (χ0) is 32.9. The summed E-state index contributed by atoms with van der Waals surface area (Å²) in [5.74, 6) is 1.41. The van der Waals surface area contributed by atoms with Gasteiger partial charge in [-0.1, -0.05) is 152 Å². The lowest BCUT2D eigenvalue weighted by Crippen LogP contribution is -2.14. The molecule has 7 aromatic carbocycles. The first-order chi connectivity index (χ1) is 23.6. The van der Waals surface area contributed by atoms with Crippen LogP contribution < -0.4 is 0 Å². The van der Waals surface area contributed by atoms with E-state index in [9.17, 15) is 9.59 Å². The van der Waals surface area contributed by atoms with Crippen molar-refractivity contribution in [2.75, 3.05) is 0 Å². The van der Waals surface area contributed by atoms with Crippen molar-refractivity contribution in [2.45, 2.75) is 0 Å². The molecule has 0 saturated carbocycles. The zero-order valence-corrected chi connectivity index (χ0v) is 26.1. The highest BCUT2D eigenvalue weighted by atomic mass is 16.2. The topological polar surface area (TPSA) is 34.1 Å². The van der Waals surface area contributed by atoms with Gasteiger partial charge in [0, 0.05) is 16.7 Å². The minimum Gasteiger partial charge on any atom is -0.285 e. The summed E-state index contributed by atoms with van der Waals surface area (Å²) < 4.78 is 0. The van der Waals surface area contributed by atoms with Gasteiger partial charge in [0.05, 0.1) is 0 Å². The highest BCUT2D eigenvalue weighted by molar-refractivity contribution is 6.49. The molecule has 0 N–H and O–H groups in total. The summed E-state index contributed by atoms with van der Waals surface area (Å²) in [5, 5.41) is 0. The molecule has 0 unspecified atom stereocenters. The van der Waals surface area contributed by atoms with Crippen LogP contribution in [0, 0.1) is 12.3 Å². The lowest BCUT2D eigenvalue weighted by atomic mass is 9.79. The lowest BCUT2D eigenvalue weighted by molar-refractivity contribution is 0.0817. The lowest BCUT2D eigenvalue weighted by Gasteiger charge is -2.24. The predicted molar refractivity (Wildman–Crippen MR) is 197 cm³/mol. The van der Waals surface area contributed by atoms with Crippen LogP contribution in [0.5, 0.6) is 0 Å². The van der Waals surface area contributed by atoms with E-state index in [1.165, 1.54) is 0 Å². The van der Waals surface area contributed by atoms with Gasteiger partial charge in [-0.25, -0.2) is 0 Å². The molecule has 7 rings (SSSR count). The quantitative estimate of drug-likeness (QED) is 0.0969. The average Bonchev–Trinajstić information content (AvgIpc) is 3.18. The van der Waals surface area contributed by atoms with Crippen LogP contribution in [-0.2, 0) is 0 Å². The molecule has 0 saturated heterocycles. The minimum absolute atomic E-state index is 0.311. The second-order valence-corrected chi connectivity index (χ2v) is 11.5. The molecule has 0 aliphatic carbocycles. The van der Waals surface area contributed by atoms with Crippen molar-refractivity contribution in [3.05, 3.63) is 193 Å². The molecule has 2 nitrogen and oxygen atoms in total. The number of carbonyl (C=O) groups is 2. The number of rotatable bonds is 8. The van der Waals surface area contributed by atoms with Gasteiger partial charge in [-0.2, -0.15) is 0 Å². The number of hydrogen-bond donors (Lipinski definition) is 0. The fraction of sp³-hybridized carbons (Fsp3) is 0. The van der Waals surface area contributed by atoms with Crippen LogP contribution in [0.15, 0.2) is 176 Å². The Balaban J connectivity index is 1.47. The Kier molecular flexibility index (Phi) is 8.43. The monoisotopic (exact) mass is 614 g/mol. The molecule has 0 bridgehead atoms. The maximum absolute atomic E-state index is 13.3. The first kappa shape index (κ1) is 30.1. The minimum atomic E-state index is -0.568. The smallest absolute Gasteiger partial charge is 0.233 e. The second-order valence-electron chi connectivity index (χ2n) is 11.5. The standard InChI is InChI=1S/C46H30O2/c1-2-32-23-25-38(26-24-32)45(47)46(48)39-29-27-34(28-30-39)41-31-40(33-15-7-3-8-16-33)42(35-17-9-4-10-18-35)44(37-21-13-6-14-22-37)43(41)36-19-11-5-12-20-36/h1,3-31H. The Morgan fingerprint density at radius 1 is 0.375 bits per heavy atom. The molecule has 0 aliphatic rings. The summed E-state index contributed by atoms with van der Waals surface area (Å²) in [4.78, 5) is 26.4. The van der Waals surface area contributed by atoms with Gasteiger partial charge in [-0.3, -0.25) is 9.59 Å². The van der Waals surface area contributed by atoms with Crippen LogP contribution >= 0.6 is 0 Å². The van der Waals surface area contributed by atoms with Gasteiger partial charge < -0.3 is 0 Å². The Labute approximate surface area is 281 Å². The second kappa shape index (κ2) is 13.4. The van der Waals surface area contributed by atoms with Crippen LogP contribution in [0.25, 0.3) is 55.6 Å². The fourth-order valence-corrected chi connectivity index (χ4v) is 6.24. The highest BCUT2D eigenvalue weighted by Crippen LogP contribution is 2.50. The third-order valence-corrected chi connectivity index (χ3v) is 8.58. The predicted octanol–water partition coefficient (Wildman–Crippen LogP) is 11.1. The first-order valence-corrected chi connectivity index (χ1v) is 15.8. The van der Waals surface area contributed by atoms with Crippen molar-refractivity contribution < 1.29 is 9.59 Å². The molecule has 0 radical (unpaired) electrons. The van der Waals surface area contributed by atoms with E-state index in [1.807, 2.05) is 36.4 Å². The van der Waals surface area contributed by atoms with Gasteiger partial charge in [0.15, 0.2) is 0 Å². The Hall–Kier alpha value is -6.56. The van der Waals surface area contributed by atoms with Crippen molar-refractivity contribution in [3.8, 4) is 68.0 Å². The first-order valence-electron chi connectivity index (χ1n) is 15.8. The van der Waals surface area contributed by atoms with E-state index >= 15 is 0 Å². The molecule has 226 valence electrons. The van der Waals surface area contributed by atoms with Gasteiger partial charge in [-0.15, -0.1) is 6.42 Å². The molecule has 0 aromatic heterocycles. The van der Waals surface area contributed by atoms with E-state index in [0.717, 1.165) is 55.6 Å². The number of ketones is 2. The molecule has 0 atom stereocenters. The fourth-order valence-electron chi connectivity index (χ4n) is 6.24. The normalized spacial score (nSPS) is 10.6. The molecule has 0 fully saturated rings. The number of carbonyl (C=O) groups excluding carboxylic acids is 2. The van der Waals surface area contributed by atoms with Crippen molar-refractivity contribution in [3.63, 3.8) is 0 Å². The van der Waals surface area contributed by atoms with Crippen LogP contribution in [0.3, 0.4) is 0 Å². The van der Waals surface area contributed by atoms with Crippen LogP contribution in [0.1, 0.15) is 26.3 Å². The third kappa shape index (κ3) is 5.89. The molecule has 2 heteroatoms. The van der Waals surface area contributed by atoms with Crippen molar-refractivity contribution in [1.29, 1.82) is 0 Å². The summed E-state index contributed by atoms with van der Waals surface area (Å²) in [7, 11) is 0. The molecule has 0 spiro atoms. The number of benzene rings is 7. The van der Waals surface area contributed by atoms with Crippen LogP contribution in [0.4, 0.5) is 0 Å².